The van der Waals surface area contributed by atoms with Gasteiger partial charge < -0.3 is 14.4 Å². The van der Waals surface area contributed by atoms with Crippen molar-refractivity contribution < 1.29 is 9.84 Å². The molecule has 120 valence electrons. The van der Waals surface area contributed by atoms with Crippen LogP contribution in [0.2, 0.25) is 0 Å². The summed E-state index contributed by atoms with van der Waals surface area (Å²) in [5.41, 5.74) is 1.50. The van der Waals surface area contributed by atoms with Crippen LogP contribution in [-0.4, -0.2) is 28.2 Å². The molecule has 0 fully saturated rings. The molecule has 23 heavy (non-hydrogen) atoms. The zero-order valence-corrected chi connectivity index (χ0v) is 13.3. The number of ether oxygens (including phenoxy) is 1. The van der Waals surface area contributed by atoms with Gasteiger partial charge in [-0.1, -0.05) is 18.1 Å². The Kier molecular flexibility index (Phi) is 5.45. The van der Waals surface area contributed by atoms with Crippen LogP contribution in [0.3, 0.4) is 0 Å². The van der Waals surface area contributed by atoms with Gasteiger partial charge in [-0.2, -0.15) is 0 Å². The zero-order chi connectivity index (χ0) is 16.8. The quantitative estimate of drug-likeness (QED) is 0.826. The number of benzene rings is 1. The largest absolute Gasteiger partial charge is 0.503 e. The molecule has 1 N–H and O–H groups in total. The van der Waals surface area contributed by atoms with Gasteiger partial charge >= 0.3 is 0 Å². The van der Waals surface area contributed by atoms with E-state index in [1.807, 2.05) is 29.2 Å². The van der Waals surface area contributed by atoms with E-state index in [0.717, 1.165) is 17.0 Å². The molecular formula is C18H20N2O3. The minimum Gasteiger partial charge on any atom is -0.503 e. The highest BCUT2D eigenvalue weighted by Crippen LogP contribution is 2.14. The number of hydrogen-bond donors (Lipinski definition) is 1. The van der Waals surface area contributed by atoms with Crippen LogP contribution in [0.15, 0.2) is 41.3 Å². The molecule has 1 aromatic heterocycles. The second-order valence-corrected chi connectivity index (χ2v) is 5.32. The first-order valence-corrected chi connectivity index (χ1v) is 7.20. The third-order valence-electron chi connectivity index (χ3n) is 3.58. The fourth-order valence-corrected chi connectivity index (χ4v) is 2.33. The second kappa shape index (κ2) is 7.52. The molecule has 0 aliphatic carbocycles. The number of aryl methyl sites for hydroxylation is 1. The maximum absolute atomic E-state index is 11.6. The molecule has 5 heteroatoms. The number of aromatic nitrogens is 1. The summed E-state index contributed by atoms with van der Waals surface area (Å²) in [6.45, 7) is 1.63. The minimum absolute atomic E-state index is 0.255. The Balaban J connectivity index is 2.17. The van der Waals surface area contributed by atoms with E-state index >= 15 is 0 Å². The number of methoxy groups -OCH3 is 1. The summed E-state index contributed by atoms with van der Waals surface area (Å²) in [6.07, 6.45) is 6.87. The third kappa shape index (κ3) is 4.38. The van der Waals surface area contributed by atoms with Crippen LogP contribution in [0, 0.1) is 12.3 Å². The number of terminal acetylenes is 1. The lowest BCUT2D eigenvalue weighted by Crippen LogP contribution is -2.25. The maximum atomic E-state index is 11.6. The molecule has 0 aliphatic heterocycles. The van der Waals surface area contributed by atoms with Gasteiger partial charge in [-0.05, 0) is 17.7 Å². The first-order chi connectivity index (χ1) is 11.0. The Morgan fingerprint density at radius 3 is 2.61 bits per heavy atom. The van der Waals surface area contributed by atoms with Crippen molar-refractivity contribution in [2.75, 3.05) is 13.7 Å². The van der Waals surface area contributed by atoms with Crippen molar-refractivity contribution in [3.63, 3.8) is 0 Å². The Labute approximate surface area is 135 Å². The van der Waals surface area contributed by atoms with Crippen molar-refractivity contribution in [3.8, 4) is 23.8 Å². The molecule has 0 atom stereocenters. The molecule has 0 saturated carbocycles. The number of nitrogens with zero attached hydrogens (tertiary/aromatic N) is 2. The van der Waals surface area contributed by atoms with Gasteiger partial charge in [0.1, 0.15) is 5.75 Å². The Hall–Kier alpha value is -2.71. The SMILES string of the molecule is C#CCN(Cc1ccc(OC)cc1)Cc1cc(=O)c(O)cn1C. The van der Waals surface area contributed by atoms with Gasteiger partial charge in [-0.3, -0.25) is 9.69 Å². The molecule has 0 bridgehead atoms. The average Bonchev–Trinajstić information content (AvgIpc) is 2.53. The fourth-order valence-electron chi connectivity index (χ4n) is 2.33. The summed E-state index contributed by atoms with van der Waals surface area (Å²) >= 11 is 0. The van der Waals surface area contributed by atoms with Crippen molar-refractivity contribution >= 4 is 0 Å². The number of aromatic hydroxyl groups is 1. The summed E-state index contributed by atoms with van der Waals surface area (Å²) in [4.78, 5) is 13.7. The summed E-state index contributed by atoms with van der Waals surface area (Å²) in [7, 11) is 3.42. The second-order valence-electron chi connectivity index (χ2n) is 5.32. The first-order valence-electron chi connectivity index (χ1n) is 7.20. The van der Waals surface area contributed by atoms with Crippen LogP contribution < -0.4 is 10.2 Å². The monoisotopic (exact) mass is 312 g/mol. The molecule has 0 saturated heterocycles. The Morgan fingerprint density at radius 1 is 1.30 bits per heavy atom. The van der Waals surface area contributed by atoms with Crippen LogP contribution in [0.4, 0.5) is 0 Å². The summed E-state index contributed by atoms with van der Waals surface area (Å²) < 4.78 is 6.88. The predicted molar refractivity (Wildman–Crippen MR) is 89.3 cm³/mol. The van der Waals surface area contributed by atoms with Gasteiger partial charge in [0.15, 0.2) is 5.75 Å². The van der Waals surface area contributed by atoms with Crippen LogP contribution in [0.1, 0.15) is 11.3 Å². The third-order valence-corrected chi connectivity index (χ3v) is 3.58. The highest BCUT2D eigenvalue weighted by molar-refractivity contribution is 5.27. The van der Waals surface area contributed by atoms with E-state index in [1.54, 1.807) is 18.7 Å². The molecule has 0 unspecified atom stereocenters. The van der Waals surface area contributed by atoms with Crippen molar-refractivity contribution in [2.24, 2.45) is 7.05 Å². The molecular weight excluding hydrogens is 292 g/mol. The van der Waals surface area contributed by atoms with Crippen molar-refractivity contribution in [2.45, 2.75) is 13.1 Å². The molecule has 5 nitrogen and oxygen atoms in total. The Bertz CT molecular complexity index is 757. The van der Waals surface area contributed by atoms with E-state index in [2.05, 4.69) is 5.92 Å². The normalized spacial score (nSPS) is 10.5. The van der Waals surface area contributed by atoms with Crippen molar-refractivity contribution in [1.82, 2.24) is 9.47 Å². The van der Waals surface area contributed by atoms with Gasteiger partial charge in [0.2, 0.25) is 5.43 Å². The topological polar surface area (TPSA) is 54.7 Å². The highest BCUT2D eigenvalue weighted by Gasteiger charge is 2.10. The van der Waals surface area contributed by atoms with Gasteiger partial charge in [0.25, 0.3) is 0 Å². The fraction of sp³-hybridized carbons (Fsp3) is 0.278. The minimum atomic E-state index is -0.386. The molecule has 2 aromatic rings. The van der Waals surface area contributed by atoms with Gasteiger partial charge in [-0.25, -0.2) is 0 Å². The van der Waals surface area contributed by atoms with Crippen molar-refractivity contribution in [1.29, 1.82) is 0 Å². The van der Waals surface area contributed by atoms with E-state index < -0.39 is 0 Å². The molecule has 2 rings (SSSR count). The summed E-state index contributed by atoms with van der Waals surface area (Å²) in [6, 6.07) is 9.21. The first kappa shape index (κ1) is 16.7. The molecule has 0 aliphatic rings. The van der Waals surface area contributed by atoms with E-state index in [9.17, 15) is 9.90 Å². The highest BCUT2D eigenvalue weighted by atomic mass is 16.5. The summed E-state index contributed by atoms with van der Waals surface area (Å²) in [5.74, 6) is 3.19. The van der Waals surface area contributed by atoms with E-state index in [1.165, 1.54) is 12.3 Å². The van der Waals surface area contributed by atoms with Crippen molar-refractivity contribution in [3.05, 3.63) is 58.0 Å². The number of hydrogen-bond acceptors (Lipinski definition) is 4. The average molecular weight is 312 g/mol. The molecule has 0 radical (unpaired) electrons. The number of pyridine rings is 1. The van der Waals surface area contributed by atoms with Gasteiger partial charge in [0, 0.05) is 38.1 Å². The number of rotatable bonds is 6. The lowest BCUT2D eigenvalue weighted by atomic mass is 10.2. The van der Waals surface area contributed by atoms with Crippen LogP contribution in [0.25, 0.3) is 0 Å². The van der Waals surface area contributed by atoms with Gasteiger partial charge in [0.05, 0.1) is 13.7 Å². The lowest BCUT2D eigenvalue weighted by Gasteiger charge is -2.21. The predicted octanol–water partition coefficient (Wildman–Crippen LogP) is 1.73. The van der Waals surface area contributed by atoms with E-state index in [0.29, 0.717) is 19.6 Å². The van der Waals surface area contributed by atoms with Gasteiger partial charge in [-0.15, -0.1) is 6.42 Å². The van der Waals surface area contributed by atoms with E-state index in [-0.39, 0.29) is 11.2 Å². The molecule has 0 spiro atoms. The molecule has 1 heterocycles. The molecule has 0 amide bonds. The van der Waals surface area contributed by atoms with Crippen LogP contribution in [-0.2, 0) is 20.1 Å². The Morgan fingerprint density at radius 2 is 2.00 bits per heavy atom. The lowest BCUT2D eigenvalue weighted by molar-refractivity contribution is 0.282. The smallest absolute Gasteiger partial charge is 0.223 e. The zero-order valence-electron chi connectivity index (χ0n) is 13.3. The molecule has 1 aromatic carbocycles. The standard InChI is InChI=1S/C18H20N2O3/c1-4-9-20(11-14-5-7-16(23-3)8-6-14)12-15-10-17(21)18(22)13-19(15)2/h1,5-8,10,13,22H,9,11-12H2,2-3H3. The van der Waals surface area contributed by atoms with E-state index in [4.69, 9.17) is 11.2 Å². The van der Waals surface area contributed by atoms with Crippen LogP contribution >= 0.6 is 0 Å². The van der Waals surface area contributed by atoms with Crippen LogP contribution in [0.5, 0.6) is 11.5 Å². The summed E-state index contributed by atoms with van der Waals surface area (Å²) in [5, 5.41) is 9.46. The maximum Gasteiger partial charge on any atom is 0.223 e.